The molecule has 3 amide bonds. The van der Waals surface area contributed by atoms with Crippen molar-refractivity contribution in [1.82, 2.24) is 20.9 Å². The number of hydrogen-bond acceptors (Lipinski definition) is 8. The summed E-state index contributed by atoms with van der Waals surface area (Å²) < 4.78 is 20.0. The highest BCUT2D eigenvalue weighted by Gasteiger charge is 2.30. The monoisotopic (exact) mass is 576 g/mol. The first kappa shape index (κ1) is 32.7. The lowest BCUT2D eigenvalue weighted by Gasteiger charge is -2.24. The minimum atomic E-state index is -1.10. The molecule has 1 aliphatic rings. The Kier molecular flexibility index (Phi) is 13.5. The van der Waals surface area contributed by atoms with Crippen molar-refractivity contribution in [3.63, 3.8) is 0 Å². The minimum absolute atomic E-state index is 0.105. The Morgan fingerprint density at radius 3 is 2.65 bits per heavy atom. The first-order valence-corrected chi connectivity index (χ1v) is 14.3. The lowest BCUT2D eigenvalue weighted by atomic mass is 10.0. The quantitative estimate of drug-likeness (QED) is 0.185. The van der Waals surface area contributed by atoms with Crippen LogP contribution in [0.5, 0.6) is 0 Å². The SMILES string of the molecule is C/C=C1\NC(=O)c2nc(ccc2F)CNC(=O)C[C@@H](/C=C/CCSC(=O)CCCC)OC(=O)[C@H](C(C)C)NC1=O. The molecule has 218 valence electrons. The second-order valence-corrected chi connectivity index (χ2v) is 10.6. The number of nitrogens with one attached hydrogen (secondary N) is 3. The third-order valence-electron chi connectivity index (χ3n) is 5.86. The van der Waals surface area contributed by atoms with Crippen molar-refractivity contribution >= 4 is 40.6 Å². The van der Waals surface area contributed by atoms with Gasteiger partial charge >= 0.3 is 5.97 Å². The molecule has 2 atom stereocenters. The molecule has 2 heterocycles. The maximum absolute atomic E-state index is 14.4. The van der Waals surface area contributed by atoms with E-state index in [9.17, 15) is 28.4 Å². The van der Waals surface area contributed by atoms with Crippen LogP contribution in [0.4, 0.5) is 4.39 Å². The van der Waals surface area contributed by atoms with Gasteiger partial charge in [-0.15, -0.1) is 0 Å². The van der Waals surface area contributed by atoms with Crippen molar-refractivity contribution in [2.45, 2.75) is 78.5 Å². The lowest BCUT2D eigenvalue weighted by Crippen LogP contribution is -2.48. The molecule has 10 nitrogen and oxygen atoms in total. The largest absolute Gasteiger partial charge is 0.456 e. The standard InChI is InChI=1S/C28H37FN4O6S/c1-5-7-11-23(35)40-14-9-8-10-19-15-22(34)30-16-18-12-13-20(29)25(31-18)27(37)32-21(6-2)26(36)33-24(17(3)4)28(38)39-19/h6,8,10,12-13,17,19,24H,5,7,9,11,14-16H2,1-4H3,(H,30,34)(H,32,37)(H,33,36)/b10-8+,21-6-/t19-,24+/m1/s1. The number of aromatic nitrogens is 1. The van der Waals surface area contributed by atoms with Crippen molar-refractivity contribution in [2.75, 3.05) is 5.75 Å². The molecule has 0 saturated heterocycles. The fourth-order valence-corrected chi connectivity index (χ4v) is 4.37. The van der Waals surface area contributed by atoms with Gasteiger partial charge in [-0.2, -0.15) is 0 Å². The number of hydrogen-bond donors (Lipinski definition) is 3. The Morgan fingerprint density at radius 1 is 1.23 bits per heavy atom. The van der Waals surface area contributed by atoms with E-state index >= 15 is 0 Å². The zero-order valence-electron chi connectivity index (χ0n) is 23.3. The number of amides is 3. The van der Waals surface area contributed by atoms with Crippen LogP contribution in [0.3, 0.4) is 0 Å². The molecule has 3 N–H and O–H groups in total. The molecular weight excluding hydrogens is 539 g/mol. The molecule has 0 fully saturated rings. The molecule has 2 bridgehead atoms. The van der Waals surface area contributed by atoms with Crippen LogP contribution in [0.25, 0.3) is 0 Å². The number of ether oxygens (including phenoxy) is 1. The van der Waals surface area contributed by atoms with E-state index in [1.807, 2.05) is 6.92 Å². The van der Waals surface area contributed by atoms with E-state index in [1.165, 1.54) is 30.8 Å². The maximum Gasteiger partial charge on any atom is 0.329 e. The fraction of sp³-hybridized carbons (Fsp3) is 0.500. The average Bonchev–Trinajstić information content (AvgIpc) is 2.91. The third-order valence-corrected chi connectivity index (χ3v) is 6.83. The molecule has 12 heteroatoms. The highest BCUT2D eigenvalue weighted by atomic mass is 32.2. The summed E-state index contributed by atoms with van der Waals surface area (Å²) in [6.07, 6.45) is 6.32. The van der Waals surface area contributed by atoms with E-state index in [1.54, 1.807) is 26.0 Å². The van der Waals surface area contributed by atoms with Gasteiger partial charge in [0.05, 0.1) is 18.7 Å². The number of cyclic esters (lactones) is 1. The third kappa shape index (κ3) is 10.6. The highest BCUT2D eigenvalue weighted by molar-refractivity contribution is 8.13. The van der Waals surface area contributed by atoms with Crippen molar-refractivity contribution < 1.29 is 33.1 Å². The van der Waals surface area contributed by atoms with Gasteiger partial charge < -0.3 is 20.7 Å². The predicted octanol–water partition coefficient (Wildman–Crippen LogP) is 3.32. The second kappa shape index (κ2) is 16.5. The molecule has 1 aromatic heterocycles. The van der Waals surface area contributed by atoms with Crippen molar-refractivity contribution in [3.8, 4) is 0 Å². The molecule has 0 saturated carbocycles. The molecule has 1 aliphatic heterocycles. The number of fused-ring (bicyclic) bond motifs is 2. The van der Waals surface area contributed by atoms with Gasteiger partial charge in [-0.05, 0) is 43.9 Å². The molecule has 40 heavy (non-hydrogen) atoms. The first-order chi connectivity index (χ1) is 19.0. The van der Waals surface area contributed by atoms with Crippen LogP contribution in [0.1, 0.15) is 76.0 Å². The Balaban J connectivity index is 2.28. The van der Waals surface area contributed by atoms with Crippen LogP contribution in [0.2, 0.25) is 0 Å². The van der Waals surface area contributed by atoms with Gasteiger partial charge in [0.2, 0.25) is 5.91 Å². The Hall–Kier alpha value is -3.54. The van der Waals surface area contributed by atoms with Crippen LogP contribution in [-0.4, -0.2) is 51.7 Å². The number of unbranched alkanes of at least 4 members (excludes halogenated alkanes) is 1. The van der Waals surface area contributed by atoms with Gasteiger partial charge in [0.1, 0.15) is 17.8 Å². The number of rotatable bonds is 8. The number of thioether (sulfide) groups is 1. The van der Waals surface area contributed by atoms with E-state index in [2.05, 4.69) is 20.9 Å². The van der Waals surface area contributed by atoms with Gasteiger partial charge in [-0.3, -0.25) is 19.2 Å². The van der Waals surface area contributed by atoms with Crippen molar-refractivity contribution in [2.24, 2.45) is 5.92 Å². The van der Waals surface area contributed by atoms with Crippen LogP contribution in [0.15, 0.2) is 36.1 Å². The summed E-state index contributed by atoms with van der Waals surface area (Å²) in [5, 5.41) is 7.64. The van der Waals surface area contributed by atoms with Crippen LogP contribution in [-0.2, 0) is 30.5 Å². The van der Waals surface area contributed by atoms with E-state index < -0.39 is 53.3 Å². The molecule has 0 aliphatic carbocycles. The normalized spacial score (nSPS) is 20.3. The predicted molar refractivity (Wildman–Crippen MR) is 149 cm³/mol. The summed E-state index contributed by atoms with van der Waals surface area (Å²) >= 11 is 1.24. The van der Waals surface area contributed by atoms with E-state index in [4.69, 9.17) is 4.74 Å². The smallest absolute Gasteiger partial charge is 0.329 e. The molecule has 2 rings (SSSR count). The summed E-state index contributed by atoms with van der Waals surface area (Å²) in [7, 11) is 0. The van der Waals surface area contributed by atoms with E-state index in [0.717, 1.165) is 18.9 Å². The molecular formula is C28H37FN4O6S. The highest BCUT2D eigenvalue weighted by Crippen LogP contribution is 2.14. The van der Waals surface area contributed by atoms with Gasteiger partial charge in [0.25, 0.3) is 11.8 Å². The number of pyridine rings is 1. The van der Waals surface area contributed by atoms with Crippen molar-refractivity contribution in [3.05, 3.63) is 53.3 Å². The zero-order chi connectivity index (χ0) is 29.7. The zero-order valence-corrected chi connectivity index (χ0v) is 24.1. The van der Waals surface area contributed by atoms with Crippen molar-refractivity contribution in [1.29, 1.82) is 0 Å². The number of halogens is 1. The van der Waals surface area contributed by atoms with Gasteiger partial charge in [-0.1, -0.05) is 51.1 Å². The molecule has 0 aromatic carbocycles. The Bertz CT molecular complexity index is 1150. The lowest BCUT2D eigenvalue weighted by molar-refractivity contribution is -0.153. The van der Waals surface area contributed by atoms with Crippen LogP contribution < -0.4 is 16.0 Å². The van der Waals surface area contributed by atoms with Gasteiger partial charge in [0.15, 0.2) is 16.6 Å². The second-order valence-electron chi connectivity index (χ2n) is 9.48. The number of nitrogens with zero attached hydrogens (tertiary/aromatic N) is 1. The molecule has 0 spiro atoms. The summed E-state index contributed by atoms with van der Waals surface area (Å²) in [4.78, 5) is 67.3. The summed E-state index contributed by atoms with van der Waals surface area (Å²) in [6, 6.07) is 1.27. The van der Waals surface area contributed by atoms with Crippen LogP contribution in [0, 0.1) is 11.7 Å². The van der Waals surface area contributed by atoms with Gasteiger partial charge in [0, 0.05) is 12.2 Å². The van der Waals surface area contributed by atoms with E-state index in [0.29, 0.717) is 18.6 Å². The average molecular weight is 577 g/mol. The number of allylic oxidation sites excluding steroid dienone is 2. The van der Waals surface area contributed by atoms with Crippen LogP contribution >= 0.6 is 11.8 Å². The molecule has 0 unspecified atom stereocenters. The topological polar surface area (TPSA) is 144 Å². The number of esters is 1. The fourth-order valence-electron chi connectivity index (χ4n) is 3.60. The number of carbonyl (C=O) groups is 5. The van der Waals surface area contributed by atoms with Gasteiger partial charge in [-0.25, -0.2) is 14.2 Å². The maximum atomic E-state index is 14.4. The summed E-state index contributed by atoms with van der Waals surface area (Å²) in [5.74, 6) is -3.72. The summed E-state index contributed by atoms with van der Waals surface area (Å²) in [6.45, 7) is 6.82. The molecule has 1 aromatic rings. The Labute approximate surface area is 238 Å². The minimum Gasteiger partial charge on any atom is -0.456 e. The summed E-state index contributed by atoms with van der Waals surface area (Å²) in [5.41, 5.74) is -0.525. The Morgan fingerprint density at radius 2 is 1.98 bits per heavy atom. The number of carbonyl (C=O) groups excluding carboxylic acids is 5. The molecule has 0 radical (unpaired) electrons. The van der Waals surface area contributed by atoms with E-state index in [-0.39, 0.29) is 29.5 Å². The first-order valence-electron chi connectivity index (χ1n) is 13.3.